The standard InChI is InChI=1S/C23H25ClN2O2S/c1-14-12-18(24)10-11-20(14)28-15(2)21(27)26-22-25-19(13-29-22)16-6-8-17(9-7-16)23(3,4)5/h6-13,15H,1-5H3,(H,25,26,27). The molecule has 1 atom stereocenters. The van der Waals surface area contributed by atoms with Crippen LogP contribution in [0.3, 0.4) is 0 Å². The van der Waals surface area contributed by atoms with Crippen molar-refractivity contribution in [2.75, 3.05) is 5.32 Å². The number of aromatic nitrogens is 1. The van der Waals surface area contributed by atoms with Gasteiger partial charge in [0.05, 0.1) is 5.69 Å². The molecule has 152 valence electrons. The maximum atomic E-state index is 12.5. The number of hydrogen-bond acceptors (Lipinski definition) is 4. The molecule has 1 aromatic heterocycles. The minimum Gasteiger partial charge on any atom is -0.481 e. The normalized spacial score (nSPS) is 12.5. The molecule has 3 aromatic rings. The maximum absolute atomic E-state index is 12.5. The van der Waals surface area contributed by atoms with E-state index in [2.05, 4.69) is 55.3 Å². The van der Waals surface area contributed by atoms with E-state index in [9.17, 15) is 4.79 Å². The lowest BCUT2D eigenvalue weighted by Gasteiger charge is -2.18. The van der Waals surface area contributed by atoms with E-state index in [1.54, 1.807) is 25.1 Å². The van der Waals surface area contributed by atoms with Gasteiger partial charge in [-0.1, -0.05) is 56.6 Å². The van der Waals surface area contributed by atoms with Gasteiger partial charge in [0.1, 0.15) is 5.75 Å². The Kier molecular flexibility index (Phi) is 6.30. The molecule has 2 aromatic carbocycles. The van der Waals surface area contributed by atoms with Crippen molar-refractivity contribution in [3.05, 3.63) is 64.0 Å². The molecule has 0 saturated heterocycles. The molecule has 1 heterocycles. The molecule has 0 aliphatic carbocycles. The summed E-state index contributed by atoms with van der Waals surface area (Å²) in [6.07, 6.45) is -0.659. The molecule has 0 saturated carbocycles. The highest BCUT2D eigenvalue weighted by Crippen LogP contribution is 2.29. The number of aryl methyl sites for hydroxylation is 1. The second-order valence-corrected chi connectivity index (χ2v) is 9.32. The Bertz CT molecular complexity index is 1010. The summed E-state index contributed by atoms with van der Waals surface area (Å²) in [6, 6.07) is 13.7. The van der Waals surface area contributed by atoms with Gasteiger partial charge in [0.25, 0.3) is 5.91 Å². The quantitative estimate of drug-likeness (QED) is 0.506. The van der Waals surface area contributed by atoms with E-state index in [-0.39, 0.29) is 11.3 Å². The fourth-order valence-electron chi connectivity index (χ4n) is 2.80. The molecular weight excluding hydrogens is 404 g/mol. The van der Waals surface area contributed by atoms with Crippen molar-refractivity contribution in [1.29, 1.82) is 0 Å². The third-order valence-electron chi connectivity index (χ3n) is 4.59. The zero-order valence-corrected chi connectivity index (χ0v) is 18.8. The summed E-state index contributed by atoms with van der Waals surface area (Å²) < 4.78 is 5.78. The number of rotatable bonds is 5. The van der Waals surface area contributed by atoms with Crippen LogP contribution in [0.25, 0.3) is 11.3 Å². The number of halogens is 1. The largest absolute Gasteiger partial charge is 0.481 e. The van der Waals surface area contributed by atoms with E-state index < -0.39 is 6.10 Å². The molecule has 1 unspecified atom stereocenters. The van der Waals surface area contributed by atoms with Crippen LogP contribution in [0.2, 0.25) is 5.02 Å². The summed E-state index contributed by atoms with van der Waals surface area (Å²) in [6.45, 7) is 10.2. The van der Waals surface area contributed by atoms with Crippen LogP contribution in [0.1, 0.15) is 38.8 Å². The highest BCUT2D eigenvalue weighted by atomic mass is 35.5. The minimum atomic E-state index is -0.659. The molecule has 29 heavy (non-hydrogen) atoms. The van der Waals surface area contributed by atoms with Gasteiger partial charge in [0, 0.05) is 16.0 Å². The van der Waals surface area contributed by atoms with E-state index in [1.165, 1.54) is 16.9 Å². The third-order valence-corrected chi connectivity index (χ3v) is 5.58. The van der Waals surface area contributed by atoms with Gasteiger partial charge in [-0.3, -0.25) is 10.1 Å². The van der Waals surface area contributed by atoms with E-state index in [1.807, 2.05) is 12.3 Å². The van der Waals surface area contributed by atoms with Gasteiger partial charge in [-0.25, -0.2) is 4.98 Å². The summed E-state index contributed by atoms with van der Waals surface area (Å²) in [7, 11) is 0. The smallest absolute Gasteiger partial charge is 0.266 e. The van der Waals surface area contributed by atoms with Gasteiger partial charge in [-0.05, 0) is 48.6 Å². The molecule has 3 rings (SSSR count). The van der Waals surface area contributed by atoms with Crippen molar-refractivity contribution in [3.63, 3.8) is 0 Å². The number of carbonyl (C=O) groups excluding carboxylic acids is 1. The number of benzene rings is 2. The Balaban J connectivity index is 1.65. The monoisotopic (exact) mass is 428 g/mol. The molecule has 0 bridgehead atoms. The first kappa shape index (κ1) is 21.3. The molecule has 0 spiro atoms. The van der Waals surface area contributed by atoms with Gasteiger partial charge in [-0.15, -0.1) is 11.3 Å². The predicted octanol–water partition coefficient (Wildman–Crippen LogP) is 6.48. The van der Waals surface area contributed by atoms with Crippen molar-refractivity contribution in [3.8, 4) is 17.0 Å². The molecule has 0 aliphatic rings. The van der Waals surface area contributed by atoms with Crippen molar-refractivity contribution in [1.82, 2.24) is 4.98 Å². The first-order valence-corrected chi connectivity index (χ1v) is 10.7. The average molecular weight is 429 g/mol. The Morgan fingerprint density at radius 3 is 2.48 bits per heavy atom. The first-order chi connectivity index (χ1) is 13.6. The average Bonchev–Trinajstić information content (AvgIpc) is 3.12. The van der Waals surface area contributed by atoms with Crippen LogP contribution in [0.15, 0.2) is 47.8 Å². The number of thiazole rings is 1. The molecule has 1 N–H and O–H groups in total. The lowest BCUT2D eigenvalue weighted by Crippen LogP contribution is -2.30. The molecule has 6 heteroatoms. The van der Waals surface area contributed by atoms with Gasteiger partial charge in [-0.2, -0.15) is 0 Å². The summed E-state index contributed by atoms with van der Waals surface area (Å²) >= 11 is 7.36. The highest BCUT2D eigenvalue weighted by molar-refractivity contribution is 7.14. The lowest BCUT2D eigenvalue weighted by molar-refractivity contribution is -0.122. The second-order valence-electron chi connectivity index (χ2n) is 8.02. The van der Waals surface area contributed by atoms with Crippen LogP contribution < -0.4 is 10.1 Å². The summed E-state index contributed by atoms with van der Waals surface area (Å²) in [5.41, 5.74) is 4.13. The van der Waals surface area contributed by atoms with Gasteiger partial charge in [0.2, 0.25) is 0 Å². The van der Waals surface area contributed by atoms with Crippen molar-refractivity contribution >= 4 is 34.0 Å². The van der Waals surface area contributed by atoms with Gasteiger partial charge >= 0.3 is 0 Å². The van der Waals surface area contributed by atoms with Crippen LogP contribution in [-0.4, -0.2) is 17.0 Å². The third kappa shape index (κ3) is 5.37. The molecule has 4 nitrogen and oxygen atoms in total. The molecule has 0 fully saturated rings. The Morgan fingerprint density at radius 2 is 1.86 bits per heavy atom. The lowest BCUT2D eigenvalue weighted by atomic mass is 9.86. The number of anilines is 1. The SMILES string of the molecule is Cc1cc(Cl)ccc1OC(C)C(=O)Nc1nc(-c2ccc(C(C)(C)C)cc2)cs1. The Morgan fingerprint density at radius 1 is 1.17 bits per heavy atom. The number of carbonyl (C=O) groups is 1. The number of ether oxygens (including phenoxy) is 1. The van der Waals surface area contributed by atoms with Gasteiger partial charge < -0.3 is 4.74 Å². The zero-order chi connectivity index (χ0) is 21.2. The van der Waals surface area contributed by atoms with Crippen LogP contribution in [0, 0.1) is 6.92 Å². The molecule has 0 aliphatic heterocycles. The summed E-state index contributed by atoms with van der Waals surface area (Å²) in [5.74, 6) is 0.388. The van der Waals surface area contributed by atoms with Crippen LogP contribution >= 0.6 is 22.9 Å². The number of nitrogens with zero attached hydrogens (tertiary/aromatic N) is 1. The molecule has 1 amide bonds. The Labute approximate surface area is 180 Å². The summed E-state index contributed by atoms with van der Waals surface area (Å²) in [5, 5.41) is 5.96. The van der Waals surface area contributed by atoms with E-state index in [4.69, 9.17) is 16.3 Å². The van der Waals surface area contributed by atoms with Gasteiger partial charge in [0.15, 0.2) is 11.2 Å². The van der Waals surface area contributed by atoms with Crippen molar-refractivity contribution < 1.29 is 9.53 Å². The second kappa shape index (κ2) is 8.56. The maximum Gasteiger partial charge on any atom is 0.266 e. The summed E-state index contributed by atoms with van der Waals surface area (Å²) in [4.78, 5) is 17.0. The van der Waals surface area contributed by atoms with Crippen LogP contribution in [0.4, 0.5) is 5.13 Å². The van der Waals surface area contributed by atoms with E-state index >= 15 is 0 Å². The fraction of sp³-hybridized carbons (Fsp3) is 0.304. The first-order valence-electron chi connectivity index (χ1n) is 9.43. The number of nitrogens with one attached hydrogen (secondary N) is 1. The van der Waals surface area contributed by atoms with Crippen LogP contribution in [0.5, 0.6) is 5.75 Å². The zero-order valence-electron chi connectivity index (χ0n) is 17.2. The topological polar surface area (TPSA) is 51.2 Å². The highest BCUT2D eigenvalue weighted by Gasteiger charge is 2.18. The molecular formula is C23H25ClN2O2S. The fourth-order valence-corrected chi connectivity index (χ4v) is 3.75. The van der Waals surface area contributed by atoms with E-state index in [0.717, 1.165) is 16.8 Å². The van der Waals surface area contributed by atoms with Crippen molar-refractivity contribution in [2.45, 2.75) is 46.1 Å². The Hall–Kier alpha value is -2.37. The predicted molar refractivity (Wildman–Crippen MR) is 121 cm³/mol. The molecule has 0 radical (unpaired) electrons. The minimum absolute atomic E-state index is 0.109. The van der Waals surface area contributed by atoms with E-state index in [0.29, 0.717) is 15.9 Å². The number of amides is 1. The van der Waals surface area contributed by atoms with Crippen molar-refractivity contribution in [2.24, 2.45) is 0 Å². The number of hydrogen-bond donors (Lipinski definition) is 1. The van der Waals surface area contributed by atoms with Crippen LogP contribution in [-0.2, 0) is 10.2 Å².